The van der Waals surface area contributed by atoms with Crippen LogP contribution in [-0.4, -0.2) is 27.5 Å². The van der Waals surface area contributed by atoms with Crippen LogP contribution in [0.2, 0.25) is 0 Å². The van der Waals surface area contributed by atoms with Gasteiger partial charge in [0.2, 0.25) is 0 Å². The molecular formula is H6AlO6P3. The van der Waals surface area contributed by atoms with Crippen molar-refractivity contribution in [1.29, 1.82) is 0 Å². The molecule has 0 fully saturated rings. The van der Waals surface area contributed by atoms with Crippen LogP contribution < -0.4 is 0 Å². The van der Waals surface area contributed by atoms with E-state index < -0.39 is 32.8 Å². The summed E-state index contributed by atoms with van der Waals surface area (Å²) in [6.45, 7) is -9.65. The smallest absolute Gasteiger partial charge is 0.358 e. The van der Waals surface area contributed by atoms with E-state index in [0.717, 1.165) is 0 Å². The summed E-state index contributed by atoms with van der Waals surface area (Å²) < 4.78 is 30.5. The van der Waals surface area contributed by atoms with Gasteiger partial charge in [0.15, 0.2) is 0 Å². The van der Waals surface area contributed by atoms with Crippen LogP contribution in [-0.2, 0) is 13.7 Å². The Morgan fingerprint density at radius 3 is 1.00 bits per heavy atom. The van der Waals surface area contributed by atoms with E-state index in [0.29, 0.717) is 0 Å². The molecular weight excluding hydrogens is 216 g/mol. The molecule has 10 heteroatoms. The molecule has 3 unspecified atom stereocenters. The zero-order chi connectivity index (χ0) is 8.31. The molecule has 0 aliphatic heterocycles. The lowest BCUT2D eigenvalue weighted by atomic mass is 15.9. The normalized spacial score (nSPS) is 19.5. The Bertz CT molecular complexity index is 152. The third kappa shape index (κ3) is 3.48. The Labute approximate surface area is 61.7 Å². The van der Waals surface area contributed by atoms with Gasteiger partial charge in [-0.05, 0) is 0 Å². The second kappa shape index (κ2) is 4.88. The summed E-state index contributed by atoms with van der Waals surface area (Å²) in [6, 6.07) is 0. The third-order valence-corrected chi connectivity index (χ3v) is 20.0. The Morgan fingerprint density at radius 1 is 0.800 bits per heavy atom. The molecule has 3 atom stereocenters. The van der Waals surface area contributed by atoms with Crippen LogP contribution in [0.3, 0.4) is 0 Å². The predicted molar refractivity (Wildman–Crippen MR) is 39.4 cm³/mol. The van der Waals surface area contributed by atoms with Gasteiger partial charge in [-0.15, -0.1) is 0 Å². The lowest BCUT2D eigenvalue weighted by Gasteiger charge is -1.95. The van der Waals surface area contributed by atoms with Gasteiger partial charge in [0.1, 0.15) is 20.0 Å². The predicted octanol–water partition coefficient (Wildman–Crippen LogP) is -0.628. The highest BCUT2D eigenvalue weighted by Gasteiger charge is 2.40. The minimum absolute atomic E-state index is 3.15. The topological polar surface area (TPSA) is 112 Å². The van der Waals surface area contributed by atoms with Crippen molar-refractivity contribution in [3.05, 3.63) is 0 Å². The molecule has 0 heterocycles. The molecule has 0 rings (SSSR count). The second-order valence-electron chi connectivity index (χ2n) is 1.45. The maximum Gasteiger partial charge on any atom is 0.640 e. The molecule has 0 spiro atoms. The zero-order valence-electron chi connectivity index (χ0n) is 4.64. The van der Waals surface area contributed by atoms with E-state index in [1.165, 1.54) is 0 Å². The highest BCUT2D eigenvalue weighted by Crippen LogP contribution is 2.47. The van der Waals surface area contributed by atoms with Crippen molar-refractivity contribution in [3.63, 3.8) is 0 Å². The van der Waals surface area contributed by atoms with Gasteiger partial charge in [0.25, 0.3) is 0 Å². The average molecular weight is 222 g/mol. The fourth-order valence-electron chi connectivity index (χ4n) is 0.317. The van der Waals surface area contributed by atoms with Crippen LogP contribution in [0, 0.1) is 0 Å². The molecule has 0 radical (unpaired) electrons. The van der Waals surface area contributed by atoms with E-state index in [1.807, 2.05) is 0 Å². The highest BCUT2D eigenvalue weighted by molar-refractivity contribution is 8.30. The van der Waals surface area contributed by atoms with Crippen LogP contribution in [0.1, 0.15) is 0 Å². The maximum atomic E-state index is 10.2. The standard InChI is InChI=1S/Al.3HO2P/c;3*1-3-2/h;3*3H/q-3;;;/p+3. The Kier molecular flexibility index (Phi) is 5.41. The van der Waals surface area contributed by atoms with Crippen LogP contribution >= 0.6 is 20.0 Å². The molecule has 0 saturated carbocycles. The van der Waals surface area contributed by atoms with Crippen molar-refractivity contribution < 1.29 is 28.4 Å². The van der Waals surface area contributed by atoms with Gasteiger partial charge >= 0.3 is 12.8 Å². The fourth-order valence-corrected chi connectivity index (χ4v) is 8.56. The summed E-state index contributed by atoms with van der Waals surface area (Å²) in [5.74, 6) is 0. The summed E-state index contributed by atoms with van der Waals surface area (Å²) >= 11 is -3.15. The minimum atomic E-state index is -3.22. The lowest BCUT2D eigenvalue weighted by Crippen LogP contribution is -1.94. The molecule has 0 saturated heterocycles. The first kappa shape index (κ1) is 11.1. The molecule has 10 heavy (non-hydrogen) atoms. The molecule has 0 aromatic carbocycles. The van der Waals surface area contributed by atoms with Crippen molar-refractivity contribution in [2.24, 2.45) is 0 Å². The molecule has 0 aliphatic rings. The van der Waals surface area contributed by atoms with Crippen molar-refractivity contribution in [2.45, 2.75) is 0 Å². The van der Waals surface area contributed by atoms with Crippen LogP contribution in [0.4, 0.5) is 0 Å². The molecule has 0 aromatic rings. The lowest BCUT2D eigenvalue weighted by molar-refractivity contribution is 0.507. The summed E-state index contributed by atoms with van der Waals surface area (Å²) in [7, 11) is 0. The largest absolute Gasteiger partial charge is 0.640 e. The van der Waals surface area contributed by atoms with E-state index in [2.05, 4.69) is 0 Å². The van der Waals surface area contributed by atoms with E-state index in [-0.39, 0.29) is 0 Å². The van der Waals surface area contributed by atoms with E-state index in [1.54, 1.807) is 0 Å². The quantitative estimate of drug-likeness (QED) is 0.433. The number of hydrogen-bond donors (Lipinski definition) is 3. The zero-order valence-corrected chi connectivity index (χ0v) is 8.80. The Morgan fingerprint density at radius 2 is 1.00 bits per heavy atom. The van der Waals surface area contributed by atoms with Gasteiger partial charge in [-0.3, -0.25) is 0 Å². The van der Waals surface area contributed by atoms with Crippen molar-refractivity contribution in [2.75, 3.05) is 0 Å². The van der Waals surface area contributed by atoms with E-state index in [4.69, 9.17) is 14.7 Å². The first-order valence-electron chi connectivity index (χ1n) is 2.15. The highest BCUT2D eigenvalue weighted by atomic mass is 31.7. The number of rotatable bonds is 3. The van der Waals surface area contributed by atoms with E-state index in [9.17, 15) is 13.7 Å². The first-order chi connectivity index (χ1) is 4.46. The van der Waals surface area contributed by atoms with Gasteiger partial charge in [-0.2, -0.15) is 0 Å². The molecule has 0 aromatic heterocycles. The second-order valence-corrected chi connectivity index (χ2v) is 19.2. The van der Waals surface area contributed by atoms with Crippen molar-refractivity contribution >= 4 is 32.8 Å². The minimum Gasteiger partial charge on any atom is -0.358 e. The Hall–Kier alpha value is 1.10. The number of hydrogen-bond acceptors (Lipinski definition) is 3. The average Bonchev–Trinajstić information content (AvgIpc) is 1.59. The van der Waals surface area contributed by atoms with Crippen LogP contribution in [0.15, 0.2) is 0 Å². The van der Waals surface area contributed by atoms with Gasteiger partial charge in [0.05, 0.1) is 0 Å². The SMILES string of the molecule is O=[PH](O)[Al]([PH](=O)O)[PH](=O)O. The summed E-state index contributed by atoms with van der Waals surface area (Å²) in [5.41, 5.74) is 0. The molecule has 6 nitrogen and oxygen atoms in total. The van der Waals surface area contributed by atoms with Crippen LogP contribution in [0.5, 0.6) is 0 Å². The molecule has 0 bridgehead atoms. The van der Waals surface area contributed by atoms with Crippen LogP contribution in [0.25, 0.3) is 0 Å². The van der Waals surface area contributed by atoms with E-state index >= 15 is 0 Å². The van der Waals surface area contributed by atoms with Gasteiger partial charge in [-0.1, -0.05) is 0 Å². The monoisotopic (exact) mass is 222 g/mol. The van der Waals surface area contributed by atoms with Gasteiger partial charge in [0, 0.05) is 0 Å². The molecule has 60 valence electrons. The molecule has 0 amide bonds. The van der Waals surface area contributed by atoms with Crippen molar-refractivity contribution in [3.8, 4) is 0 Å². The van der Waals surface area contributed by atoms with Crippen molar-refractivity contribution in [1.82, 2.24) is 0 Å². The third-order valence-electron chi connectivity index (χ3n) is 0.741. The summed E-state index contributed by atoms with van der Waals surface area (Å²) in [5, 5.41) is 0. The maximum absolute atomic E-state index is 10.2. The van der Waals surface area contributed by atoms with Gasteiger partial charge in [-0.25, -0.2) is 0 Å². The first-order valence-corrected chi connectivity index (χ1v) is 11.6. The molecule has 3 N–H and O–H groups in total. The summed E-state index contributed by atoms with van der Waals surface area (Å²) in [6.07, 6.45) is 0. The fraction of sp³-hybridized carbons (Fsp3) is 0. The molecule has 0 aliphatic carbocycles. The van der Waals surface area contributed by atoms with Gasteiger partial charge < -0.3 is 28.4 Å². The summed E-state index contributed by atoms with van der Waals surface area (Å²) in [4.78, 5) is 24.9. The Balaban J connectivity index is 4.43.